The fourth-order valence-electron chi connectivity index (χ4n) is 12.5. The number of hydrogen-bond donors (Lipinski definition) is 0. The standard InChI is InChI=1S/C35H38Cl2N8O4.C35H38F2N8O4/c2*1-3-25(2)45-34(46)44(24-40-45)29-7-5-27(6-8-29)41-14-16-42(17-15-41)28-9-11-30(12-10-28)47-19-31-20-48-35(49-31,21-43-23-38-22-39-43)32-13-4-26(36)18-33(32)37/h2*4-13,18,22-25,31H,3,14-17,19-21H2,1-2H3/t2*25?,31-,35-/m00/s1. The summed E-state index contributed by atoms with van der Waals surface area (Å²) in [7, 11) is 0. The second kappa shape index (κ2) is 29.7. The predicted octanol–water partition coefficient (Wildman–Crippen LogP) is 10.1. The fraction of sp³-hybridized carbons (Fsp3) is 0.371. The summed E-state index contributed by atoms with van der Waals surface area (Å²) in [6.07, 6.45) is 9.95. The van der Waals surface area contributed by atoms with Crippen LogP contribution >= 0.6 is 23.2 Å². The zero-order chi connectivity index (χ0) is 67.9. The number of anilines is 4. The largest absolute Gasteiger partial charge is 0.491 e. The Kier molecular flexibility index (Phi) is 20.4. The first-order valence-corrected chi connectivity index (χ1v) is 33.6. The van der Waals surface area contributed by atoms with Crippen LogP contribution in [0.3, 0.4) is 0 Å². The van der Waals surface area contributed by atoms with Gasteiger partial charge >= 0.3 is 11.4 Å². The Hall–Kier alpha value is -9.44. The van der Waals surface area contributed by atoms with Crippen LogP contribution in [0.4, 0.5) is 31.5 Å². The fourth-order valence-corrected chi connectivity index (χ4v) is 13.0. The summed E-state index contributed by atoms with van der Waals surface area (Å²) in [6.45, 7) is 16.3. The molecular weight excluding hydrogens is 1300 g/mol. The molecule has 0 aliphatic carbocycles. The van der Waals surface area contributed by atoms with Gasteiger partial charge in [0.05, 0.1) is 41.7 Å². The number of ether oxygens (including phenoxy) is 6. The maximum Gasteiger partial charge on any atom is 0.350 e. The lowest BCUT2D eigenvalue weighted by molar-refractivity contribution is -0.192. The van der Waals surface area contributed by atoms with E-state index in [4.69, 9.17) is 51.6 Å². The third-order valence-corrected chi connectivity index (χ3v) is 18.8. The number of halogens is 4. The zero-order valence-electron chi connectivity index (χ0n) is 54.7. The van der Waals surface area contributed by atoms with Crippen LogP contribution in [-0.2, 0) is 43.6 Å². The van der Waals surface area contributed by atoms with E-state index in [0.29, 0.717) is 34.6 Å². The van der Waals surface area contributed by atoms with Gasteiger partial charge in [0.25, 0.3) is 0 Å². The molecule has 0 amide bonds. The molecule has 0 bridgehead atoms. The van der Waals surface area contributed by atoms with Crippen LogP contribution in [0.2, 0.25) is 10.0 Å². The van der Waals surface area contributed by atoms with Gasteiger partial charge in [0.2, 0.25) is 11.6 Å². The number of piperazine rings is 2. The molecule has 6 aromatic carbocycles. The second-order valence-electron chi connectivity index (χ2n) is 24.6. The van der Waals surface area contributed by atoms with Gasteiger partial charge in [-0.25, -0.2) is 56.2 Å². The highest BCUT2D eigenvalue weighted by molar-refractivity contribution is 6.35. The van der Waals surface area contributed by atoms with E-state index >= 15 is 0 Å². The third-order valence-electron chi connectivity index (χ3n) is 18.3. The third kappa shape index (κ3) is 14.9. The molecule has 8 heterocycles. The van der Waals surface area contributed by atoms with Gasteiger partial charge in [-0.05, 0) is 148 Å². The van der Waals surface area contributed by atoms with E-state index in [1.165, 1.54) is 45.2 Å². The van der Waals surface area contributed by atoms with Crippen LogP contribution in [0.1, 0.15) is 63.7 Å². The van der Waals surface area contributed by atoms with E-state index < -0.39 is 29.3 Å². The Labute approximate surface area is 574 Å². The van der Waals surface area contributed by atoms with Gasteiger partial charge in [0.15, 0.2) is 0 Å². The smallest absolute Gasteiger partial charge is 0.350 e. The lowest BCUT2D eigenvalue weighted by atomic mass is 10.0. The molecule has 6 atom stereocenters. The molecule has 4 saturated heterocycles. The van der Waals surface area contributed by atoms with Crippen molar-refractivity contribution in [3.05, 3.63) is 225 Å². The average Bonchev–Trinajstić information content (AvgIpc) is 1.60. The molecule has 4 fully saturated rings. The van der Waals surface area contributed by atoms with Gasteiger partial charge in [-0.1, -0.05) is 43.1 Å². The zero-order valence-corrected chi connectivity index (χ0v) is 56.2. The molecule has 28 heteroatoms. The molecule has 512 valence electrons. The van der Waals surface area contributed by atoms with Crippen molar-refractivity contribution < 1.29 is 37.2 Å². The van der Waals surface area contributed by atoms with Crippen LogP contribution in [0, 0.1) is 11.6 Å². The molecule has 4 aliphatic rings. The Morgan fingerprint density at radius 3 is 1.27 bits per heavy atom. The van der Waals surface area contributed by atoms with E-state index in [-0.39, 0.29) is 61.4 Å². The average molecular weight is 1380 g/mol. The quantitative estimate of drug-likeness (QED) is 0.0618. The minimum absolute atomic E-state index is 0.0334. The van der Waals surface area contributed by atoms with Crippen molar-refractivity contribution in [2.45, 2.75) is 89.5 Å². The number of rotatable bonds is 22. The van der Waals surface area contributed by atoms with Crippen molar-refractivity contribution >= 4 is 46.0 Å². The summed E-state index contributed by atoms with van der Waals surface area (Å²) < 4.78 is 75.1. The van der Waals surface area contributed by atoms with Crippen molar-refractivity contribution in [1.29, 1.82) is 0 Å². The van der Waals surface area contributed by atoms with Crippen LogP contribution in [0.5, 0.6) is 11.5 Å². The first kappa shape index (κ1) is 67.1. The van der Waals surface area contributed by atoms with Crippen molar-refractivity contribution in [2.24, 2.45) is 0 Å². The number of aromatic nitrogens is 12. The molecule has 0 saturated carbocycles. The summed E-state index contributed by atoms with van der Waals surface area (Å²) >= 11 is 12.7. The minimum Gasteiger partial charge on any atom is -0.491 e. The molecule has 0 N–H and O–H groups in total. The molecule has 0 spiro atoms. The lowest BCUT2D eigenvalue weighted by Gasteiger charge is -2.37. The first-order chi connectivity index (χ1) is 47.6. The Balaban J connectivity index is 0.000000176. The molecule has 10 aromatic rings. The molecule has 98 heavy (non-hydrogen) atoms. The van der Waals surface area contributed by atoms with E-state index in [1.54, 1.807) is 44.9 Å². The molecule has 14 rings (SSSR count). The van der Waals surface area contributed by atoms with E-state index in [9.17, 15) is 18.4 Å². The van der Waals surface area contributed by atoms with E-state index in [0.717, 1.165) is 111 Å². The SMILES string of the molecule is CCC(C)n1ncn(-c2ccc(N3CCN(c4ccc(OC[C@H]5CO[C@](Cn6cncn6)(c6ccc(Cl)cc6Cl)O5)cc4)CC3)cc2)c1=O.CCC(C)n1ncn(-c2ccc(N3CCN(c4ccc(OC[C@H]5CO[C@](Cn6cncn6)(c6ccc(F)cc6F)O5)cc4)CC3)cc2)c1=O. The highest BCUT2D eigenvalue weighted by Crippen LogP contribution is 2.42. The predicted molar refractivity (Wildman–Crippen MR) is 366 cm³/mol. The normalized spacial score (nSPS) is 20.1. The minimum atomic E-state index is -1.51. The summed E-state index contributed by atoms with van der Waals surface area (Å²) in [5.74, 6) is -2.71. The number of benzene rings is 6. The number of nitrogens with zero attached hydrogens (tertiary/aromatic N) is 16. The highest BCUT2D eigenvalue weighted by atomic mass is 35.5. The van der Waals surface area contributed by atoms with Crippen LogP contribution in [0.25, 0.3) is 11.4 Å². The van der Waals surface area contributed by atoms with Gasteiger partial charge in [-0.2, -0.15) is 20.4 Å². The van der Waals surface area contributed by atoms with Crippen LogP contribution in [-0.4, -0.2) is 149 Å². The maximum absolute atomic E-state index is 14.9. The molecule has 4 aliphatic heterocycles. The lowest BCUT2D eigenvalue weighted by Crippen LogP contribution is -2.46. The van der Waals surface area contributed by atoms with Gasteiger partial charge in [-0.15, -0.1) is 0 Å². The summed E-state index contributed by atoms with van der Waals surface area (Å²) in [6, 6.07) is 40.9. The van der Waals surface area contributed by atoms with Gasteiger partial charge in [0, 0.05) is 97.3 Å². The summed E-state index contributed by atoms with van der Waals surface area (Å²) in [4.78, 5) is 43.0. The van der Waals surface area contributed by atoms with Gasteiger partial charge in [0.1, 0.15) is 99.6 Å². The molecule has 0 radical (unpaired) electrons. The maximum atomic E-state index is 14.9. The molecule has 4 aromatic heterocycles. The van der Waals surface area contributed by atoms with Crippen molar-refractivity contribution in [3.63, 3.8) is 0 Å². The Bertz CT molecular complexity index is 4100. The Morgan fingerprint density at radius 2 is 0.888 bits per heavy atom. The number of hydrogen-bond acceptors (Lipinski definition) is 18. The van der Waals surface area contributed by atoms with E-state index in [2.05, 4.69) is 86.4 Å². The Morgan fingerprint density at radius 1 is 0.500 bits per heavy atom. The molecule has 2 unspecified atom stereocenters. The summed E-state index contributed by atoms with van der Waals surface area (Å²) in [5.41, 5.74) is 6.59. The van der Waals surface area contributed by atoms with Crippen molar-refractivity contribution in [3.8, 4) is 22.9 Å². The molecular formula is C70H76Cl2F2N16O8. The van der Waals surface area contributed by atoms with E-state index in [1.807, 2.05) is 94.4 Å². The van der Waals surface area contributed by atoms with Gasteiger partial charge < -0.3 is 48.0 Å². The molecule has 24 nitrogen and oxygen atoms in total. The second-order valence-corrected chi connectivity index (χ2v) is 25.4. The highest BCUT2D eigenvalue weighted by Gasteiger charge is 2.47. The van der Waals surface area contributed by atoms with Crippen LogP contribution < -0.4 is 40.5 Å². The first-order valence-electron chi connectivity index (χ1n) is 32.8. The van der Waals surface area contributed by atoms with Crippen molar-refractivity contribution in [2.75, 3.05) is 98.4 Å². The van der Waals surface area contributed by atoms with Crippen LogP contribution in [0.15, 0.2) is 181 Å². The van der Waals surface area contributed by atoms with Gasteiger partial charge in [-0.3, -0.25) is 0 Å². The van der Waals surface area contributed by atoms with Crippen molar-refractivity contribution in [1.82, 2.24) is 58.2 Å². The topological polar surface area (TPSA) is 209 Å². The summed E-state index contributed by atoms with van der Waals surface area (Å²) in [5, 5.41) is 17.9. The monoisotopic (exact) mass is 1380 g/mol.